The Hall–Kier alpha value is -3.34. The van der Waals surface area contributed by atoms with Crippen molar-refractivity contribution in [2.45, 2.75) is 117 Å². The molecule has 1 rings (SSSR count). The molecule has 0 aromatic rings. The highest BCUT2D eigenvalue weighted by molar-refractivity contribution is 5.92. The normalized spacial score (nSPS) is 17.0. The van der Waals surface area contributed by atoms with Crippen molar-refractivity contribution in [2.24, 2.45) is 17.6 Å². The van der Waals surface area contributed by atoms with E-state index >= 15 is 0 Å². The van der Waals surface area contributed by atoms with Crippen LogP contribution in [-0.4, -0.2) is 114 Å². The van der Waals surface area contributed by atoms with Crippen molar-refractivity contribution in [2.75, 3.05) is 32.7 Å². The van der Waals surface area contributed by atoms with Crippen LogP contribution in [0.1, 0.15) is 75.7 Å². The van der Waals surface area contributed by atoms with Crippen LogP contribution in [0, 0.1) is 11.8 Å². The van der Waals surface area contributed by atoms with Gasteiger partial charge in [0.2, 0.25) is 23.6 Å². The predicted octanol–water partition coefficient (Wildman–Crippen LogP) is -1.24. The first-order chi connectivity index (χ1) is 21.4. The minimum atomic E-state index is -1.48. The largest absolute Gasteiger partial charge is 0.480 e. The molecule has 16 heteroatoms. The number of carboxylic acid groups (broad SMARTS) is 1. The lowest BCUT2D eigenvalue weighted by atomic mass is 9.89. The minimum absolute atomic E-state index is 0.0298. The van der Waals surface area contributed by atoms with Crippen LogP contribution in [0.3, 0.4) is 0 Å². The molecule has 47 heavy (non-hydrogen) atoms. The van der Waals surface area contributed by atoms with Gasteiger partial charge in [-0.3, -0.25) is 29.3 Å². The summed E-state index contributed by atoms with van der Waals surface area (Å²) in [5.41, 5.74) is 3.09. The third-order valence-electron chi connectivity index (χ3n) is 6.86. The van der Waals surface area contributed by atoms with Gasteiger partial charge in [0, 0.05) is 19.6 Å². The number of aliphatic carboxylic acids is 1. The number of amides is 4. The van der Waals surface area contributed by atoms with Gasteiger partial charge in [-0.1, -0.05) is 27.7 Å². The lowest BCUT2D eigenvalue weighted by molar-refractivity contribution is -0.182. The van der Waals surface area contributed by atoms with E-state index in [1.807, 2.05) is 13.8 Å². The van der Waals surface area contributed by atoms with E-state index < -0.39 is 83.1 Å². The Balaban J connectivity index is 3.14. The van der Waals surface area contributed by atoms with Crippen LogP contribution >= 0.6 is 0 Å². The fraction of sp³-hybridized carbons (Fsp3) is 0.806. The van der Waals surface area contributed by atoms with Crippen LogP contribution in [-0.2, 0) is 38.2 Å². The number of nitrogens with two attached hydrogens (primary N) is 1. The number of esters is 1. The van der Waals surface area contributed by atoms with Gasteiger partial charge in [-0.15, -0.1) is 0 Å². The molecular weight excluding hydrogens is 614 g/mol. The molecule has 0 aromatic heterocycles. The summed E-state index contributed by atoms with van der Waals surface area (Å²) in [6, 6.07) is -3.12. The monoisotopic (exact) mass is 671 g/mol. The topological polar surface area (TPSA) is 239 Å². The van der Waals surface area contributed by atoms with E-state index in [1.165, 1.54) is 0 Å². The Bertz CT molecular complexity index is 1110. The van der Waals surface area contributed by atoms with Crippen molar-refractivity contribution in [3.63, 3.8) is 0 Å². The highest BCUT2D eigenvalue weighted by Crippen LogP contribution is 2.21. The van der Waals surface area contributed by atoms with Gasteiger partial charge >= 0.3 is 11.9 Å². The molecule has 0 radical (unpaired) electrons. The molecule has 4 atom stereocenters. The molecule has 270 valence electrons. The van der Waals surface area contributed by atoms with Gasteiger partial charge in [0.15, 0.2) is 6.10 Å². The lowest BCUT2D eigenvalue weighted by Crippen LogP contribution is -2.77. The van der Waals surface area contributed by atoms with Crippen molar-refractivity contribution >= 4 is 35.6 Å². The molecule has 0 saturated carbocycles. The predicted molar refractivity (Wildman–Crippen MR) is 174 cm³/mol. The summed E-state index contributed by atoms with van der Waals surface area (Å²) in [5, 5.41) is 25.7. The van der Waals surface area contributed by atoms with E-state index in [9.17, 15) is 33.9 Å². The smallest absolute Gasteiger partial charge is 0.338 e. The highest BCUT2D eigenvalue weighted by atomic mass is 16.6. The molecular formula is C31H57N7O9. The number of carboxylic acids is 1. The van der Waals surface area contributed by atoms with Crippen molar-refractivity contribution < 1.29 is 43.3 Å². The Kier molecular flexibility index (Phi) is 15.7. The van der Waals surface area contributed by atoms with Crippen molar-refractivity contribution in [3.05, 3.63) is 0 Å². The summed E-state index contributed by atoms with van der Waals surface area (Å²) in [7, 11) is 0. The molecule has 16 nitrogen and oxygen atoms in total. The van der Waals surface area contributed by atoms with Crippen LogP contribution in [0.2, 0.25) is 0 Å². The molecule has 0 aliphatic carbocycles. The van der Waals surface area contributed by atoms with E-state index in [0.717, 1.165) is 0 Å². The van der Waals surface area contributed by atoms with Crippen molar-refractivity contribution in [1.82, 2.24) is 31.9 Å². The molecule has 9 N–H and O–H groups in total. The molecule has 0 aromatic carbocycles. The standard InChI is InChI=1S/C31H57N7O9/c1-17(2)11-19(32)25(42)34-12-20(39)37-22(18(3)4)26(43)36-16-31(14-33-15-31)38-23(27(44)35-13-21(40)41)24(46-29(5,6)7)28(45)47-30(8,9)10/h17-19,22-24,33,38H,11-16,32H2,1-10H3,(H,34,42)(H,35,44)(H,36,43)(H,37,39)(H,40,41). The van der Waals surface area contributed by atoms with Gasteiger partial charge < -0.3 is 46.9 Å². The van der Waals surface area contributed by atoms with Gasteiger partial charge in [0.05, 0.1) is 23.7 Å². The number of nitrogens with one attached hydrogen (secondary N) is 6. The Morgan fingerprint density at radius 2 is 1.38 bits per heavy atom. The maximum atomic E-state index is 13.4. The van der Waals surface area contributed by atoms with Crippen molar-refractivity contribution in [3.8, 4) is 0 Å². The number of hydrogen-bond acceptors (Lipinski definition) is 11. The van der Waals surface area contributed by atoms with E-state index in [0.29, 0.717) is 6.42 Å². The summed E-state index contributed by atoms with van der Waals surface area (Å²) in [5.74, 6) is -4.60. The SMILES string of the molecule is CC(C)CC(N)C(=O)NCC(=O)NC(C(=O)NCC1(NC(C(=O)NCC(=O)O)C(OC(C)(C)C)C(=O)OC(C)(C)C)CNC1)C(C)C. The molecule has 4 unspecified atom stereocenters. The number of ether oxygens (including phenoxy) is 2. The van der Waals surface area contributed by atoms with E-state index in [-0.39, 0.29) is 38.0 Å². The van der Waals surface area contributed by atoms with Gasteiger partial charge in [-0.2, -0.15) is 0 Å². The summed E-state index contributed by atoms with van der Waals surface area (Å²) in [6.45, 7) is 16.9. The van der Waals surface area contributed by atoms with Gasteiger partial charge in [-0.05, 0) is 59.8 Å². The summed E-state index contributed by atoms with van der Waals surface area (Å²) in [4.78, 5) is 76.2. The number of carbonyl (C=O) groups is 6. The number of hydrogen-bond donors (Lipinski definition) is 8. The summed E-state index contributed by atoms with van der Waals surface area (Å²) < 4.78 is 11.6. The average molecular weight is 672 g/mol. The third kappa shape index (κ3) is 15.4. The Morgan fingerprint density at radius 3 is 1.83 bits per heavy atom. The number of carbonyl (C=O) groups excluding carboxylic acids is 5. The Labute approximate surface area is 277 Å². The van der Waals surface area contributed by atoms with Crippen LogP contribution in [0.5, 0.6) is 0 Å². The molecule has 1 aliphatic rings. The van der Waals surface area contributed by atoms with Crippen LogP contribution in [0.25, 0.3) is 0 Å². The van der Waals surface area contributed by atoms with Gasteiger partial charge in [-0.25, -0.2) is 4.79 Å². The summed E-state index contributed by atoms with van der Waals surface area (Å²) >= 11 is 0. The maximum absolute atomic E-state index is 13.4. The second kappa shape index (κ2) is 17.7. The van der Waals surface area contributed by atoms with Crippen molar-refractivity contribution in [1.29, 1.82) is 0 Å². The molecule has 1 saturated heterocycles. The molecule has 0 bridgehead atoms. The van der Waals surface area contributed by atoms with E-state index in [1.54, 1.807) is 55.4 Å². The number of rotatable bonds is 18. The highest BCUT2D eigenvalue weighted by Gasteiger charge is 2.47. The zero-order valence-corrected chi connectivity index (χ0v) is 29.5. The fourth-order valence-electron chi connectivity index (χ4n) is 4.62. The molecule has 0 spiro atoms. The minimum Gasteiger partial charge on any atom is -0.480 e. The zero-order valence-electron chi connectivity index (χ0n) is 29.5. The first-order valence-electron chi connectivity index (χ1n) is 15.9. The molecule has 1 aliphatic heterocycles. The molecule has 4 amide bonds. The van der Waals surface area contributed by atoms with Crippen LogP contribution < -0.4 is 37.6 Å². The average Bonchev–Trinajstić information content (AvgIpc) is 2.89. The molecule has 1 heterocycles. The first-order valence-corrected chi connectivity index (χ1v) is 15.9. The van der Waals surface area contributed by atoms with Gasteiger partial charge in [0.1, 0.15) is 24.2 Å². The lowest BCUT2D eigenvalue weighted by Gasteiger charge is -2.47. The van der Waals surface area contributed by atoms with Gasteiger partial charge in [0.25, 0.3) is 0 Å². The first kappa shape index (κ1) is 41.7. The third-order valence-corrected chi connectivity index (χ3v) is 6.86. The fourth-order valence-corrected chi connectivity index (χ4v) is 4.62. The maximum Gasteiger partial charge on any atom is 0.338 e. The Morgan fingerprint density at radius 1 is 0.830 bits per heavy atom. The van der Waals surface area contributed by atoms with E-state index in [2.05, 4.69) is 31.9 Å². The second-order valence-corrected chi connectivity index (χ2v) is 14.8. The van der Waals surface area contributed by atoms with Crippen LogP contribution in [0.4, 0.5) is 0 Å². The van der Waals surface area contributed by atoms with Crippen LogP contribution in [0.15, 0.2) is 0 Å². The summed E-state index contributed by atoms with van der Waals surface area (Å²) in [6.07, 6.45) is -1.03. The quantitative estimate of drug-likeness (QED) is 0.0799. The second-order valence-electron chi connectivity index (χ2n) is 14.8. The molecule has 1 fully saturated rings. The zero-order chi connectivity index (χ0) is 36.3. The van der Waals surface area contributed by atoms with E-state index in [4.69, 9.17) is 15.2 Å².